The van der Waals surface area contributed by atoms with Crippen LogP contribution in [0.5, 0.6) is 0 Å². The first-order chi connectivity index (χ1) is 9.58. The summed E-state index contributed by atoms with van der Waals surface area (Å²) in [5.74, 6) is 0.987. The monoisotopic (exact) mass is 289 g/mol. The first-order valence-corrected chi connectivity index (χ1v) is 6.43. The van der Waals surface area contributed by atoms with Crippen LogP contribution in [-0.2, 0) is 0 Å². The van der Waals surface area contributed by atoms with Crippen LogP contribution in [0.3, 0.4) is 0 Å². The van der Waals surface area contributed by atoms with Crippen LogP contribution < -0.4 is 11.3 Å². The molecule has 2 aromatic heterocycles. The predicted molar refractivity (Wildman–Crippen MR) is 77.1 cm³/mol. The molecule has 0 aliphatic carbocycles. The smallest absolute Gasteiger partial charge is 0.267 e. The Morgan fingerprint density at radius 2 is 2.20 bits per heavy atom. The fraction of sp³-hybridized carbons (Fsp3) is 0.154. The Balaban J connectivity index is 2.44. The third-order valence-corrected chi connectivity index (χ3v) is 3.23. The predicted octanol–water partition coefficient (Wildman–Crippen LogP) is 1.78. The fourth-order valence-electron chi connectivity index (χ4n) is 2.09. The van der Waals surface area contributed by atoms with E-state index in [1.54, 1.807) is 37.4 Å². The first-order valence-electron chi connectivity index (χ1n) is 6.05. The highest BCUT2D eigenvalue weighted by atomic mass is 35.5. The molecule has 0 spiro atoms. The summed E-state index contributed by atoms with van der Waals surface area (Å²) in [7, 11) is 0. The second-order valence-electron chi connectivity index (χ2n) is 4.50. The van der Waals surface area contributed by atoms with Gasteiger partial charge >= 0.3 is 0 Å². The Morgan fingerprint density at radius 3 is 2.85 bits per heavy atom. The second-order valence-corrected chi connectivity index (χ2v) is 4.94. The molecule has 0 saturated heterocycles. The number of H-pyrrole nitrogens is 1. The minimum Gasteiger partial charge on any atom is -0.322 e. The van der Waals surface area contributed by atoms with Gasteiger partial charge in [0.05, 0.1) is 23.1 Å². The number of hydrogen-bond donors (Lipinski definition) is 2. The number of rotatable bonds is 2. The van der Waals surface area contributed by atoms with Crippen LogP contribution in [0.4, 0.5) is 0 Å². The van der Waals surface area contributed by atoms with E-state index in [2.05, 4.69) is 15.2 Å². The molecule has 2 heterocycles. The quantitative estimate of drug-likeness (QED) is 0.752. The molecule has 3 rings (SSSR count). The van der Waals surface area contributed by atoms with Crippen LogP contribution in [0, 0.1) is 0 Å². The zero-order valence-corrected chi connectivity index (χ0v) is 11.4. The van der Waals surface area contributed by atoms with Crippen LogP contribution in [-0.4, -0.2) is 19.7 Å². The zero-order valence-electron chi connectivity index (χ0n) is 10.7. The first kappa shape index (κ1) is 12.8. The van der Waals surface area contributed by atoms with Gasteiger partial charge in [-0.05, 0) is 25.1 Å². The van der Waals surface area contributed by atoms with Crippen LogP contribution in [0.15, 0.2) is 35.3 Å². The van der Waals surface area contributed by atoms with Crippen molar-refractivity contribution >= 4 is 22.5 Å². The molecule has 7 heteroatoms. The van der Waals surface area contributed by atoms with E-state index in [1.165, 1.54) is 4.57 Å². The van der Waals surface area contributed by atoms with E-state index in [-0.39, 0.29) is 5.56 Å². The lowest BCUT2D eigenvalue weighted by Crippen LogP contribution is -2.27. The minimum atomic E-state index is -0.408. The number of fused-ring (bicyclic) bond motifs is 1. The van der Waals surface area contributed by atoms with Crippen molar-refractivity contribution in [1.29, 1.82) is 0 Å². The third-order valence-electron chi connectivity index (χ3n) is 2.99. The van der Waals surface area contributed by atoms with Crippen molar-refractivity contribution in [3.63, 3.8) is 0 Å². The van der Waals surface area contributed by atoms with Crippen LogP contribution >= 0.6 is 11.6 Å². The van der Waals surface area contributed by atoms with E-state index in [1.807, 2.05) is 0 Å². The number of nitrogens with one attached hydrogen (secondary N) is 1. The molecule has 0 fully saturated rings. The molecule has 0 unspecified atom stereocenters. The number of hydrogen-bond acceptors (Lipinski definition) is 4. The Labute approximate surface area is 119 Å². The molecule has 1 atom stereocenters. The number of aromatic amines is 1. The van der Waals surface area contributed by atoms with Crippen molar-refractivity contribution in [2.24, 2.45) is 5.73 Å². The summed E-state index contributed by atoms with van der Waals surface area (Å²) in [4.78, 5) is 17.1. The van der Waals surface area contributed by atoms with E-state index in [0.29, 0.717) is 27.6 Å². The normalized spacial score (nSPS) is 12.8. The summed E-state index contributed by atoms with van der Waals surface area (Å²) in [5, 5.41) is 7.62. The third kappa shape index (κ3) is 1.99. The van der Waals surface area contributed by atoms with Crippen LogP contribution in [0.1, 0.15) is 18.8 Å². The van der Waals surface area contributed by atoms with E-state index >= 15 is 0 Å². The summed E-state index contributed by atoms with van der Waals surface area (Å²) < 4.78 is 1.44. The Bertz CT molecular complexity index is 823. The SMILES string of the molecule is C[C@H](N)c1nc2cc(Cl)ccc2c(=O)n1-c1ccn[nH]1. The van der Waals surface area contributed by atoms with E-state index < -0.39 is 6.04 Å². The van der Waals surface area contributed by atoms with E-state index in [9.17, 15) is 4.79 Å². The molecular formula is C13H12ClN5O. The van der Waals surface area contributed by atoms with Gasteiger partial charge in [0, 0.05) is 11.1 Å². The number of halogens is 1. The highest BCUT2D eigenvalue weighted by Gasteiger charge is 2.16. The molecule has 102 valence electrons. The molecule has 6 nitrogen and oxygen atoms in total. The molecule has 0 aliphatic heterocycles. The zero-order chi connectivity index (χ0) is 14.3. The van der Waals surface area contributed by atoms with Crippen LogP contribution in [0.2, 0.25) is 5.02 Å². The van der Waals surface area contributed by atoms with Crippen molar-refractivity contribution in [3.05, 3.63) is 51.7 Å². The molecule has 0 saturated carbocycles. The van der Waals surface area contributed by atoms with E-state index in [4.69, 9.17) is 17.3 Å². The van der Waals surface area contributed by atoms with Crippen LogP contribution in [0.25, 0.3) is 16.7 Å². The molecule has 0 amide bonds. The number of aromatic nitrogens is 4. The highest BCUT2D eigenvalue weighted by molar-refractivity contribution is 6.31. The molecule has 20 heavy (non-hydrogen) atoms. The summed E-state index contributed by atoms with van der Waals surface area (Å²) in [6.45, 7) is 1.77. The maximum Gasteiger partial charge on any atom is 0.267 e. The van der Waals surface area contributed by atoms with Crippen molar-refractivity contribution in [2.45, 2.75) is 13.0 Å². The van der Waals surface area contributed by atoms with Gasteiger partial charge in [0.2, 0.25) is 0 Å². The van der Waals surface area contributed by atoms with Gasteiger partial charge in [0.25, 0.3) is 5.56 Å². The Morgan fingerprint density at radius 1 is 1.40 bits per heavy atom. The molecular weight excluding hydrogens is 278 g/mol. The molecule has 3 aromatic rings. The largest absolute Gasteiger partial charge is 0.322 e. The lowest BCUT2D eigenvalue weighted by atomic mass is 10.2. The van der Waals surface area contributed by atoms with Gasteiger partial charge < -0.3 is 5.73 Å². The van der Waals surface area contributed by atoms with Crippen molar-refractivity contribution in [3.8, 4) is 5.82 Å². The average Bonchev–Trinajstić information content (AvgIpc) is 2.91. The molecule has 0 bridgehead atoms. The summed E-state index contributed by atoms with van der Waals surface area (Å²) in [6.07, 6.45) is 1.57. The van der Waals surface area contributed by atoms with Crippen molar-refractivity contribution < 1.29 is 0 Å². The summed E-state index contributed by atoms with van der Waals surface area (Å²) in [5.41, 5.74) is 6.26. The minimum absolute atomic E-state index is 0.205. The van der Waals surface area contributed by atoms with Gasteiger partial charge in [0.1, 0.15) is 11.6 Å². The van der Waals surface area contributed by atoms with Gasteiger partial charge in [-0.15, -0.1) is 0 Å². The number of nitrogens with two attached hydrogens (primary N) is 1. The standard InChI is InChI=1S/C13H12ClN5O/c1-7(15)12-17-10-6-8(14)2-3-9(10)13(20)19(12)11-4-5-16-18-11/h2-7H,15H2,1H3,(H,16,18)/t7-/m0/s1. The highest BCUT2D eigenvalue weighted by Crippen LogP contribution is 2.18. The lowest BCUT2D eigenvalue weighted by molar-refractivity contribution is 0.688. The lowest BCUT2D eigenvalue weighted by Gasteiger charge is -2.14. The Kier molecular flexibility index (Phi) is 3.04. The Hall–Kier alpha value is -2.18. The van der Waals surface area contributed by atoms with Gasteiger partial charge in [-0.1, -0.05) is 11.6 Å². The van der Waals surface area contributed by atoms with Gasteiger partial charge in [-0.25, -0.2) is 9.55 Å². The van der Waals surface area contributed by atoms with Crippen molar-refractivity contribution in [1.82, 2.24) is 19.7 Å². The number of benzene rings is 1. The summed E-state index contributed by atoms with van der Waals surface area (Å²) in [6, 6.07) is 6.26. The molecule has 0 radical (unpaired) electrons. The fourth-order valence-corrected chi connectivity index (χ4v) is 2.25. The number of nitrogens with zero attached hydrogens (tertiary/aromatic N) is 3. The van der Waals surface area contributed by atoms with Crippen molar-refractivity contribution in [2.75, 3.05) is 0 Å². The maximum atomic E-state index is 12.6. The molecule has 0 aliphatic rings. The van der Waals surface area contributed by atoms with Gasteiger partial charge in [0.15, 0.2) is 0 Å². The average molecular weight is 290 g/mol. The maximum absolute atomic E-state index is 12.6. The van der Waals surface area contributed by atoms with Gasteiger partial charge in [-0.2, -0.15) is 5.10 Å². The second kappa shape index (κ2) is 4.73. The van der Waals surface area contributed by atoms with Gasteiger partial charge in [-0.3, -0.25) is 9.89 Å². The molecule has 1 aromatic carbocycles. The topological polar surface area (TPSA) is 89.6 Å². The molecule has 3 N–H and O–H groups in total. The van der Waals surface area contributed by atoms with E-state index in [0.717, 1.165) is 0 Å². The summed E-state index contributed by atoms with van der Waals surface area (Å²) >= 11 is 5.95.